The molecule has 146 valence electrons. The predicted octanol–water partition coefficient (Wildman–Crippen LogP) is 3.34. The third kappa shape index (κ3) is 4.67. The summed E-state index contributed by atoms with van der Waals surface area (Å²) < 4.78 is 29.7. The monoisotopic (exact) mass is 397 g/mol. The van der Waals surface area contributed by atoms with Crippen molar-refractivity contribution in [2.45, 2.75) is 26.7 Å². The summed E-state index contributed by atoms with van der Waals surface area (Å²) in [5.74, 6) is -0.380. The van der Waals surface area contributed by atoms with Crippen LogP contribution in [0.5, 0.6) is 0 Å². The van der Waals surface area contributed by atoms with Crippen LogP contribution in [0.2, 0.25) is 0 Å². The summed E-state index contributed by atoms with van der Waals surface area (Å²) >= 11 is 0. The van der Waals surface area contributed by atoms with Gasteiger partial charge in [0.05, 0.1) is 11.3 Å². The lowest BCUT2D eigenvalue weighted by Gasteiger charge is -2.23. The Balaban J connectivity index is 1.79. The van der Waals surface area contributed by atoms with Gasteiger partial charge in [-0.25, -0.2) is 0 Å². The molecule has 0 spiro atoms. The Labute approximate surface area is 165 Å². The highest BCUT2D eigenvalue weighted by Gasteiger charge is 2.27. The molecule has 0 fully saturated rings. The number of hydrogen-bond acceptors (Lipinski definition) is 3. The van der Waals surface area contributed by atoms with Crippen LogP contribution >= 0.6 is 0 Å². The number of amides is 1. The van der Waals surface area contributed by atoms with Crippen molar-refractivity contribution in [2.75, 3.05) is 11.9 Å². The van der Waals surface area contributed by atoms with Gasteiger partial charge >= 0.3 is 10.2 Å². The molecule has 1 amide bonds. The van der Waals surface area contributed by atoms with Crippen LogP contribution in [-0.4, -0.2) is 30.9 Å². The largest absolute Gasteiger partial charge is 0.344 e. The van der Waals surface area contributed by atoms with Crippen LogP contribution in [0.3, 0.4) is 0 Å². The highest BCUT2D eigenvalue weighted by atomic mass is 32.2. The van der Waals surface area contributed by atoms with Crippen molar-refractivity contribution in [2.24, 2.45) is 4.40 Å². The van der Waals surface area contributed by atoms with Crippen molar-refractivity contribution < 1.29 is 13.2 Å². The fourth-order valence-electron chi connectivity index (χ4n) is 2.93. The van der Waals surface area contributed by atoms with E-state index in [1.54, 1.807) is 6.07 Å². The van der Waals surface area contributed by atoms with Gasteiger partial charge in [-0.05, 0) is 43.0 Å². The molecule has 0 radical (unpaired) electrons. The first-order chi connectivity index (χ1) is 13.4. The smallest absolute Gasteiger partial charge is 0.322 e. The van der Waals surface area contributed by atoms with Crippen LogP contribution in [-0.2, 0) is 27.8 Å². The fraction of sp³-hybridized carbons (Fsp3) is 0.238. The molecule has 1 heterocycles. The molecule has 3 rings (SSSR count). The Kier molecular flexibility index (Phi) is 5.94. The van der Waals surface area contributed by atoms with E-state index in [4.69, 9.17) is 0 Å². The highest BCUT2D eigenvalue weighted by molar-refractivity contribution is 7.88. The van der Waals surface area contributed by atoms with E-state index < -0.39 is 10.2 Å². The van der Waals surface area contributed by atoms with Gasteiger partial charge in [0.1, 0.15) is 0 Å². The lowest BCUT2D eigenvalue weighted by atomic mass is 10.1. The van der Waals surface area contributed by atoms with Crippen LogP contribution < -0.4 is 5.32 Å². The molecular weight excluding hydrogens is 374 g/mol. The van der Waals surface area contributed by atoms with Gasteiger partial charge in [0.25, 0.3) is 5.91 Å². The minimum Gasteiger partial charge on any atom is -0.322 e. The van der Waals surface area contributed by atoms with Gasteiger partial charge in [-0.15, -0.1) is 4.40 Å². The number of hydrogen-bond donors (Lipinski definition) is 1. The Morgan fingerprint density at radius 2 is 1.79 bits per heavy atom. The average molecular weight is 398 g/mol. The van der Waals surface area contributed by atoms with Gasteiger partial charge < -0.3 is 5.32 Å². The maximum atomic E-state index is 12.7. The Hall–Kier alpha value is -2.93. The molecule has 28 heavy (non-hydrogen) atoms. The molecule has 0 atom stereocenters. The molecular formula is C21H23N3O3S. The summed E-state index contributed by atoms with van der Waals surface area (Å²) in [6.45, 7) is 3.78. The topological polar surface area (TPSA) is 78.8 Å². The molecule has 0 aliphatic carbocycles. The third-order valence-electron chi connectivity index (χ3n) is 4.51. The molecule has 1 aliphatic rings. The summed E-state index contributed by atoms with van der Waals surface area (Å²) in [4.78, 5) is 12.7. The van der Waals surface area contributed by atoms with Gasteiger partial charge in [-0.2, -0.15) is 8.42 Å². The molecule has 2 aromatic carbocycles. The SMILES string of the molecule is CCc1cccc(NC(=O)C2=CN(CCc3ccccc3)S(=O)(=O)N=C2C)c1. The number of anilines is 1. The zero-order chi connectivity index (χ0) is 20.1. The Bertz CT molecular complexity index is 1030. The first kappa shape index (κ1) is 19.8. The second-order valence-electron chi connectivity index (χ2n) is 6.55. The number of nitrogens with zero attached hydrogens (tertiary/aromatic N) is 2. The Morgan fingerprint density at radius 1 is 1.07 bits per heavy atom. The van der Waals surface area contributed by atoms with E-state index in [0.29, 0.717) is 12.1 Å². The number of benzene rings is 2. The fourth-order valence-corrected chi connectivity index (χ4v) is 4.04. The summed E-state index contributed by atoms with van der Waals surface area (Å²) in [6, 6.07) is 17.1. The third-order valence-corrected chi connectivity index (χ3v) is 5.90. The molecule has 0 saturated carbocycles. The van der Waals surface area contributed by atoms with Gasteiger partial charge in [0.15, 0.2) is 0 Å². The van der Waals surface area contributed by atoms with E-state index in [9.17, 15) is 13.2 Å². The van der Waals surface area contributed by atoms with E-state index in [1.165, 1.54) is 13.1 Å². The lowest BCUT2D eigenvalue weighted by Crippen LogP contribution is -2.34. The van der Waals surface area contributed by atoms with Crippen molar-refractivity contribution >= 4 is 27.5 Å². The number of carbonyl (C=O) groups excluding carboxylic acids is 1. The standard InChI is InChI=1S/C21H23N3O3S/c1-3-17-10-7-11-19(14-17)22-21(25)20-15-24(28(26,27)23-16(20)2)13-12-18-8-5-4-6-9-18/h4-11,14-15H,3,12-13H2,1-2H3,(H,22,25). The van der Waals surface area contributed by atoms with Crippen molar-refractivity contribution in [3.63, 3.8) is 0 Å². The summed E-state index contributed by atoms with van der Waals surface area (Å²) in [5, 5.41) is 2.83. The normalized spacial score (nSPS) is 15.6. The second kappa shape index (κ2) is 8.39. The van der Waals surface area contributed by atoms with E-state index in [-0.39, 0.29) is 23.7 Å². The van der Waals surface area contributed by atoms with E-state index in [0.717, 1.165) is 21.9 Å². The van der Waals surface area contributed by atoms with E-state index >= 15 is 0 Å². The molecule has 0 bridgehead atoms. The predicted molar refractivity (Wildman–Crippen MR) is 111 cm³/mol. The summed E-state index contributed by atoms with van der Waals surface area (Å²) in [6.07, 6.45) is 2.76. The second-order valence-corrected chi connectivity index (χ2v) is 8.10. The van der Waals surface area contributed by atoms with E-state index in [2.05, 4.69) is 9.71 Å². The van der Waals surface area contributed by atoms with Crippen LogP contribution in [0.15, 0.2) is 70.8 Å². The zero-order valence-corrected chi connectivity index (χ0v) is 16.7. The molecule has 2 aromatic rings. The number of aryl methyl sites for hydroxylation is 1. The first-order valence-corrected chi connectivity index (χ1v) is 10.5. The van der Waals surface area contributed by atoms with Crippen molar-refractivity contribution in [3.8, 4) is 0 Å². The van der Waals surface area contributed by atoms with Crippen molar-refractivity contribution in [3.05, 3.63) is 77.5 Å². The summed E-state index contributed by atoms with van der Waals surface area (Å²) in [7, 11) is -3.83. The maximum absolute atomic E-state index is 12.7. The minimum atomic E-state index is -3.83. The van der Waals surface area contributed by atoms with Crippen LogP contribution in [0, 0.1) is 0 Å². The molecule has 0 unspecified atom stereocenters. The van der Waals surface area contributed by atoms with E-state index in [1.807, 2.05) is 55.5 Å². The first-order valence-electron chi connectivity index (χ1n) is 9.14. The Morgan fingerprint density at radius 3 is 2.50 bits per heavy atom. The van der Waals surface area contributed by atoms with Gasteiger partial charge in [0.2, 0.25) is 0 Å². The molecule has 6 nitrogen and oxygen atoms in total. The summed E-state index contributed by atoms with van der Waals surface area (Å²) in [5.41, 5.74) is 3.21. The quantitative estimate of drug-likeness (QED) is 0.812. The van der Waals surface area contributed by atoms with Crippen LogP contribution in [0.25, 0.3) is 0 Å². The molecule has 0 saturated heterocycles. The maximum Gasteiger partial charge on any atom is 0.344 e. The van der Waals surface area contributed by atoms with Crippen LogP contribution in [0.4, 0.5) is 5.69 Å². The highest BCUT2D eigenvalue weighted by Crippen LogP contribution is 2.19. The number of carbonyl (C=O) groups is 1. The molecule has 0 aromatic heterocycles. The number of rotatable bonds is 6. The molecule has 1 aliphatic heterocycles. The number of nitrogens with one attached hydrogen (secondary N) is 1. The van der Waals surface area contributed by atoms with Crippen LogP contribution in [0.1, 0.15) is 25.0 Å². The van der Waals surface area contributed by atoms with Crippen molar-refractivity contribution in [1.82, 2.24) is 4.31 Å². The average Bonchev–Trinajstić information content (AvgIpc) is 2.67. The minimum absolute atomic E-state index is 0.181. The lowest BCUT2D eigenvalue weighted by molar-refractivity contribution is -0.112. The van der Waals surface area contributed by atoms with Gasteiger partial charge in [0, 0.05) is 18.4 Å². The zero-order valence-electron chi connectivity index (χ0n) is 15.9. The van der Waals surface area contributed by atoms with Gasteiger partial charge in [-0.1, -0.05) is 49.4 Å². The van der Waals surface area contributed by atoms with Crippen molar-refractivity contribution in [1.29, 1.82) is 0 Å². The van der Waals surface area contributed by atoms with Gasteiger partial charge in [-0.3, -0.25) is 9.10 Å². The molecule has 1 N–H and O–H groups in total. The molecule has 7 heteroatoms.